The van der Waals surface area contributed by atoms with Crippen LogP contribution in [0.4, 0.5) is 0 Å². The molecule has 0 saturated carbocycles. The van der Waals surface area contributed by atoms with Crippen molar-refractivity contribution < 1.29 is 19.1 Å². The van der Waals surface area contributed by atoms with Gasteiger partial charge in [0.25, 0.3) is 0 Å². The minimum absolute atomic E-state index is 0.0745. The Morgan fingerprint density at radius 1 is 1.77 bits per heavy atom. The highest BCUT2D eigenvalue weighted by atomic mass is 16.7. The van der Waals surface area contributed by atoms with Crippen molar-refractivity contribution in [1.82, 2.24) is 0 Å². The molecule has 2 aliphatic heterocycles. The number of carbonyl (C=O) groups excluding carboxylic acids is 2. The first-order valence-corrected chi connectivity index (χ1v) is 4.18. The molecule has 0 aliphatic carbocycles. The fourth-order valence-corrected chi connectivity index (χ4v) is 1.82. The Morgan fingerprint density at radius 3 is 3.08 bits per heavy atom. The summed E-state index contributed by atoms with van der Waals surface area (Å²) in [6, 6.07) is 0. The topological polar surface area (TPSA) is 52.6 Å². The summed E-state index contributed by atoms with van der Waals surface area (Å²) in [5.74, 6) is -1.89. The maximum atomic E-state index is 10.8. The number of hydrogen-bond acceptors (Lipinski definition) is 4. The molecule has 2 heterocycles. The van der Waals surface area contributed by atoms with Gasteiger partial charge < -0.3 is 14.3 Å². The van der Waals surface area contributed by atoms with Gasteiger partial charge in [-0.05, 0) is 12.5 Å². The van der Waals surface area contributed by atoms with Crippen molar-refractivity contribution in [2.75, 3.05) is 0 Å². The molecular weight excluding hydrogens is 172 g/mol. The molecule has 1 saturated heterocycles. The van der Waals surface area contributed by atoms with Gasteiger partial charge >= 0.3 is 5.97 Å². The predicted octanol–water partition coefficient (Wildman–Crippen LogP) is 0.420. The second-order valence-corrected chi connectivity index (χ2v) is 3.31. The number of aldehydes is 1. The van der Waals surface area contributed by atoms with Crippen molar-refractivity contribution >= 4 is 12.3 Å². The zero-order valence-corrected chi connectivity index (χ0v) is 7.23. The van der Waals surface area contributed by atoms with Crippen LogP contribution in [0.2, 0.25) is 0 Å². The summed E-state index contributed by atoms with van der Waals surface area (Å²) in [6.07, 6.45) is 4.79. The van der Waals surface area contributed by atoms with E-state index in [1.807, 2.05) is 6.08 Å². The molecule has 13 heavy (non-hydrogen) atoms. The normalized spacial score (nSPS) is 40.7. The van der Waals surface area contributed by atoms with Gasteiger partial charge in [-0.2, -0.15) is 0 Å². The quantitative estimate of drug-likeness (QED) is 0.353. The number of carbonyl (C=O) groups is 2. The van der Waals surface area contributed by atoms with E-state index in [0.717, 1.165) is 6.29 Å². The number of esters is 1. The third-order valence-corrected chi connectivity index (χ3v) is 2.35. The molecule has 3 unspecified atom stereocenters. The van der Waals surface area contributed by atoms with Crippen LogP contribution >= 0.6 is 0 Å². The van der Waals surface area contributed by atoms with E-state index >= 15 is 0 Å². The lowest BCUT2D eigenvalue weighted by Gasteiger charge is -2.25. The van der Waals surface area contributed by atoms with Crippen molar-refractivity contribution in [3.05, 3.63) is 12.2 Å². The first kappa shape index (κ1) is 8.44. The van der Waals surface area contributed by atoms with Gasteiger partial charge in [-0.25, -0.2) is 0 Å². The van der Waals surface area contributed by atoms with E-state index in [1.54, 1.807) is 6.08 Å². The molecule has 0 spiro atoms. The summed E-state index contributed by atoms with van der Waals surface area (Å²) in [6.45, 7) is 1.31. The molecule has 4 nitrogen and oxygen atoms in total. The maximum Gasteiger partial charge on any atom is 0.305 e. The number of fused-ring (bicyclic) bond motifs is 2. The molecule has 0 N–H and O–H groups in total. The molecule has 0 aromatic heterocycles. The van der Waals surface area contributed by atoms with Gasteiger partial charge in [-0.15, -0.1) is 0 Å². The zero-order chi connectivity index (χ0) is 9.47. The van der Waals surface area contributed by atoms with Gasteiger partial charge in [-0.3, -0.25) is 4.79 Å². The van der Waals surface area contributed by atoms with Gasteiger partial charge in [0, 0.05) is 6.92 Å². The maximum absolute atomic E-state index is 10.8. The van der Waals surface area contributed by atoms with Gasteiger partial charge in [0.1, 0.15) is 6.29 Å². The average molecular weight is 182 g/mol. The van der Waals surface area contributed by atoms with Crippen LogP contribution in [0.25, 0.3) is 0 Å². The number of hydrogen-bond donors (Lipinski definition) is 0. The summed E-state index contributed by atoms with van der Waals surface area (Å²) in [5.41, 5.74) is 0. The molecule has 3 atom stereocenters. The second-order valence-electron chi connectivity index (χ2n) is 3.31. The van der Waals surface area contributed by atoms with E-state index in [4.69, 9.17) is 9.47 Å². The SMILES string of the molecule is CC(=O)OC12C=CC(CC1C=O)O2. The molecule has 2 aliphatic rings. The number of rotatable bonds is 2. The molecule has 0 aromatic carbocycles. The van der Waals surface area contributed by atoms with Crippen LogP contribution in [0.15, 0.2) is 12.2 Å². The Bertz CT molecular complexity index is 283. The molecule has 70 valence electrons. The van der Waals surface area contributed by atoms with Crippen molar-refractivity contribution in [3.8, 4) is 0 Å². The molecule has 1 fully saturated rings. The van der Waals surface area contributed by atoms with Crippen LogP contribution in [0.3, 0.4) is 0 Å². The van der Waals surface area contributed by atoms with E-state index in [-0.39, 0.29) is 12.0 Å². The standard InChI is InChI=1S/C9H10O4/c1-6(11)12-9-3-2-8(13-9)4-7(9)5-10/h2-3,5,7-8H,4H2,1H3. The van der Waals surface area contributed by atoms with Crippen molar-refractivity contribution in [3.63, 3.8) is 0 Å². The lowest BCUT2D eigenvalue weighted by Crippen LogP contribution is -2.37. The fraction of sp³-hybridized carbons (Fsp3) is 0.556. The van der Waals surface area contributed by atoms with E-state index in [0.29, 0.717) is 6.42 Å². The summed E-state index contributed by atoms with van der Waals surface area (Å²) in [4.78, 5) is 21.5. The van der Waals surface area contributed by atoms with Crippen LogP contribution in [-0.4, -0.2) is 24.1 Å². The van der Waals surface area contributed by atoms with Gasteiger partial charge in [0.2, 0.25) is 5.79 Å². The minimum atomic E-state index is -1.10. The number of ether oxygens (including phenoxy) is 2. The summed E-state index contributed by atoms with van der Waals surface area (Å²) >= 11 is 0. The van der Waals surface area contributed by atoms with Crippen LogP contribution in [0, 0.1) is 5.92 Å². The molecule has 2 bridgehead atoms. The highest BCUT2D eigenvalue weighted by molar-refractivity contribution is 5.68. The third-order valence-electron chi connectivity index (χ3n) is 2.35. The summed E-state index contributed by atoms with van der Waals surface area (Å²) < 4.78 is 10.4. The van der Waals surface area contributed by atoms with E-state index in [2.05, 4.69) is 0 Å². The Balaban J connectivity index is 2.23. The molecule has 0 amide bonds. The first-order chi connectivity index (χ1) is 6.16. The Labute approximate surface area is 75.5 Å². The van der Waals surface area contributed by atoms with E-state index in [1.165, 1.54) is 6.92 Å². The van der Waals surface area contributed by atoms with Crippen molar-refractivity contribution in [2.45, 2.75) is 25.2 Å². The lowest BCUT2D eigenvalue weighted by molar-refractivity contribution is -0.200. The first-order valence-electron chi connectivity index (χ1n) is 4.18. The molecule has 4 heteroatoms. The smallest absolute Gasteiger partial charge is 0.305 e. The second kappa shape index (κ2) is 2.67. The van der Waals surface area contributed by atoms with Crippen LogP contribution in [0.5, 0.6) is 0 Å². The monoisotopic (exact) mass is 182 g/mol. The van der Waals surface area contributed by atoms with Crippen molar-refractivity contribution in [1.29, 1.82) is 0 Å². The fourth-order valence-electron chi connectivity index (χ4n) is 1.82. The Hall–Kier alpha value is -1.16. The van der Waals surface area contributed by atoms with Crippen LogP contribution in [0.1, 0.15) is 13.3 Å². The van der Waals surface area contributed by atoms with Gasteiger partial charge in [-0.1, -0.05) is 6.08 Å². The van der Waals surface area contributed by atoms with E-state index in [9.17, 15) is 9.59 Å². The summed E-state index contributed by atoms with van der Waals surface area (Å²) in [7, 11) is 0. The molecular formula is C9H10O4. The summed E-state index contributed by atoms with van der Waals surface area (Å²) in [5, 5.41) is 0. The van der Waals surface area contributed by atoms with Crippen LogP contribution in [-0.2, 0) is 19.1 Å². The highest BCUT2D eigenvalue weighted by Crippen LogP contribution is 2.42. The van der Waals surface area contributed by atoms with Gasteiger partial charge in [0.15, 0.2) is 0 Å². The Morgan fingerprint density at radius 2 is 2.54 bits per heavy atom. The lowest BCUT2D eigenvalue weighted by atomic mass is 9.93. The Kier molecular flexibility index (Phi) is 1.73. The predicted molar refractivity (Wildman–Crippen MR) is 42.7 cm³/mol. The van der Waals surface area contributed by atoms with Crippen molar-refractivity contribution in [2.24, 2.45) is 5.92 Å². The average Bonchev–Trinajstić information content (AvgIpc) is 2.58. The third kappa shape index (κ3) is 1.18. The van der Waals surface area contributed by atoms with Gasteiger partial charge in [0.05, 0.1) is 12.0 Å². The highest BCUT2D eigenvalue weighted by Gasteiger charge is 2.53. The molecule has 2 rings (SSSR count). The largest absolute Gasteiger partial charge is 0.429 e. The molecule has 0 aromatic rings. The van der Waals surface area contributed by atoms with Crippen LogP contribution < -0.4 is 0 Å². The molecule has 0 radical (unpaired) electrons. The van der Waals surface area contributed by atoms with E-state index < -0.39 is 11.8 Å². The minimum Gasteiger partial charge on any atom is -0.429 e. The zero-order valence-electron chi connectivity index (χ0n) is 7.23.